The largest absolute Gasteiger partial charge is 0.310 e. The Bertz CT molecular complexity index is 3520. The molecule has 0 radical (unpaired) electrons. The number of anilines is 6. The van der Waals surface area contributed by atoms with Crippen molar-refractivity contribution in [2.75, 3.05) is 9.80 Å². The molecule has 1 spiro atoms. The van der Waals surface area contributed by atoms with Gasteiger partial charge in [0.2, 0.25) is 0 Å². The van der Waals surface area contributed by atoms with E-state index in [1.165, 1.54) is 75.8 Å². The second kappa shape index (κ2) is 14.6. The molecule has 64 heavy (non-hydrogen) atoms. The summed E-state index contributed by atoms with van der Waals surface area (Å²) in [6, 6.07) is 89.6. The molecule has 2 nitrogen and oxygen atoms in total. The molecule has 13 rings (SSSR count). The molecule has 2 aliphatic rings. The van der Waals surface area contributed by atoms with Gasteiger partial charge in [-0.15, -0.1) is 11.3 Å². The monoisotopic (exact) mass is 832 g/mol. The fourth-order valence-electron chi connectivity index (χ4n) is 10.8. The van der Waals surface area contributed by atoms with E-state index in [2.05, 4.69) is 252 Å². The summed E-state index contributed by atoms with van der Waals surface area (Å²) >= 11 is 1.86. The van der Waals surface area contributed by atoms with Crippen molar-refractivity contribution >= 4 is 65.6 Å². The summed E-state index contributed by atoms with van der Waals surface area (Å²) < 4.78 is 2.58. The minimum absolute atomic E-state index is 0.560. The van der Waals surface area contributed by atoms with E-state index in [4.69, 9.17) is 0 Å². The molecule has 10 aromatic carbocycles. The number of hydrogen-bond donors (Lipinski definition) is 0. The molecule has 1 atom stereocenters. The minimum atomic E-state index is -0.560. The van der Waals surface area contributed by atoms with Gasteiger partial charge in [-0.05, 0) is 134 Å². The zero-order valence-electron chi connectivity index (χ0n) is 34.9. The Morgan fingerprint density at radius 1 is 0.266 bits per heavy atom. The fourth-order valence-corrected chi connectivity index (χ4v) is 11.9. The van der Waals surface area contributed by atoms with E-state index in [1.807, 2.05) is 11.3 Å². The van der Waals surface area contributed by atoms with Crippen molar-refractivity contribution in [3.8, 4) is 33.4 Å². The molecule has 11 aromatic rings. The van der Waals surface area contributed by atoms with Crippen LogP contribution in [0.25, 0.3) is 53.6 Å². The van der Waals surface area contributed by atoms with Gasteiger partial charge in [-0.3, -0.25) is 0 Å². The van der Waals surface area contributed by atoms with Crippen LogP contribution in [0.2, 0.25) is 0 Å². The summed E-state index contributed by atoms with van der Waals surface area (Å²) in [7, 11) is 0. The SMILES string of the molecule is c1ccc(-c2cccc(N(c3ccc4c(c3)C3(c5ccccc5-c5ccc(N(c6ccccc6)c6ccccc6)cc53)c3ccccc3-4)c3ccc4c(c3)sc3ccccc34)c2)cc1. The molecule has 0 bridgehead atoms. The first-order valence-electron chi connectivity index (χ1n) is 22.0. The highest BCUT2D eigenvalue weighted by molar-refractivity contribution is 7.25. The maximum Gasteiger partial charge on any atom is 0.0727 e. The Morgan fingerprint density at radius 3 is 1.34 bits per heavy atom. The van der Waals surface area contributed by atoms with Gasteiger partial charge in [-0.1, -0.05) is 164 Å². The number of para-hydroxylation sites is 2. The van der Waals surface area contributed by atoms with Crippen LogP contribution in [-0.4, -0.2) is 0 Å². The second-order valence-corrected chi connectivity index (χ2v) is 17.9. The predicted molar refractivity (Wildman–Crippen MR) is 270 cm³/mol. The lowest BCUT2D eigenvalue weighted by molar-refractivity contribution is 0.793. The van der Waals surface area contributed by atoms with Crippen molar-refractivity contribution in [1.82, 2.24) is 0 Å². The Morgan fingerprint density at radius 2 is 0.703 bits per heavy atom. The van der Waals surface area contributed by atoms with Gasteiger partial charge in [-0.25, -0.2) is 0 Å². The second-order valence-electron chi connectivity index (χ2n) is 16.8. The molecular weight excluding hydrogens is 793 g/mol. The van der Waals surface area contributed by atoms with E-state index in [1.54, 1.807) is 0 Å². The first-order chi connectivity index (χ1) is 31.7. The minimum Gasteiger partial charge on any atom is -0.310 e. The summed E-state index contributed by atoms with van der Waals surface area (Å²) in [4.78, 5) is 4.86. The number of thiophene rings is 1. The summed E-state index contributed by atoms with van der Waals surface area (Å²) in [5.41, 5.74) is 18.9. The molecule has 2 aliphatic carbocycles. The first-order valence-corrected chi connectivity index (χ1v) is 22.8. The van der Waals surface area contributed by atoms with E-state index in [9.17, 15) is 0 Å². The van der Waals surface area contributed by atoms with Crippen molar-refractivity contribution in [3.63, 3.8) is 0 Å². The van der Waals surface area contributed by atoms with E-state index in [-0.39, 0.29) is 0 Å². The molecule has 0 aliphatic heterocycles. The lowest BCUT2D eigenvalue weighted by Crippen LogP contribution is -2.26. The maximum absolute atomic E-state index is 2.50. The number of fused-ring (bicyclic) bond motifs is 13. The zero-order chi connectivity index (χ0) is 42.2. The van der Waals surface area contributed by atoms with E-state index < -0.39 is 5.41 Å². The number of hydrogen-bond acceptors (Lipinski definition) is 3. The molecule has 0 fully saturated rings. The topological polar surface area (TPSA) is 6.48 Å². The quantitative estimate of drug-likeness (QED) is 0.158. The Labute approximate surface area is 377 Å². The normalized spacial score (nSPS) is 14.3. The van der Waals surface area contributed by atoms with Crippen LogP contribution >= 0.6 is 11.3 Å². The van der Waals surface area contributed by atoms with Crippen LogP contribution in [0.1, 0.15) is 22.3 Å². The Hall–Kier alpha value is -7.98. The van der Waals surface area contributed by atoms with Gasteiger partial charge in [0.15, 0.2) is 0 Å². The van der Waals surface area contributed by atoms with Crippen molar-refractivity contribution < 1.29 is 0 Å². The Balaban J connectivity index is 1.06. The van der Waals surface area contributed by atoms with Crippen molar-refractivity contribution in [2.24, 2.45) is 0 Å². The lowest BCUT2D eigenvalue weighted by Gasteiger charge is -2.33. The summed E-state index contributed by atoms with van der Waals surface area (Å²) in [5.74, 6) is 0. The van der Waals surface area contributed by atoms with E-state index in [0.29, 0.717) is 0 Å². The average Bonchev–Trinajstić information content (AvgIpc) is 3.99. The third-order valence-electron chi connectivity index (χ3n) is 13.4. The van der Waals surface area contributed by atoms with Crippen LogP contribution in [0.3, 0.4) is 0 Å². The van der Waals surface area contributed by atoms with Gasteiger partial charge in [0.05, 0.1) is 5.41 Å². The molecule has 0 N–H and O–H groups in total. The number of benzene rings is 10. The molecule has 300 valence electrons. The molecule has 3 heteroatoms. The van der Waals surface area contributed by atoms with Gasteiger partial charge < -0.3 is 9.80 Å². The van der Waals surface area contributed by atoms with Crippen LogP contribution in [0, 0.1) is 0 Å². The standard InChI is InChI=1S/C61H40N2S/c1-4-17-41(18-5-1)42-19-16-24-45(37-42)63(48-33-36-54-53-27-12-15-30-59(53)64-60(54)40-48)47-32-35-52-50-26-11-14-29-56(50)61(58(52)39-47)55-28-13-10-25-49(55)51-34-31-46(38-57(51)61)62(43-20-6-2-7-21-43)44-22-8-3-9-23-44/h1-40H. The summed E-state index contributed by atoms with van der Waals surface area (Å²) in [6.07, 6.45) is 0. The van der Waals surface area contributed by atoms with Gasteiger partial charge in [0, 0.05) is 54.3 Å². The van der Waals surface area contributed by atoms with Crippen LogP contribution < -0.4 is 9.80 Å². The third-order valence-corrected chi connectivity index (χ3v) is 14.6. The highest BCUT2D eigenvalue weighted by Gasteiger charge is 2.52. The summed E-state index contributed by atoms with van der Waals surface area (Å²) in [6.45, 7) is 0. The predicted octanol–water partition coefficient (Wildman–Crippen LogP) is 17.0. The molecular formula is C61H40N2S. The first kappa shape index (κ1) is 36.7. The highest BCUT2D eigenvalue weighted by Crippen LogP contribution is 2.64. The molecule has 0 amide bonds. The molecule has 1 aromatic heterocycles. The van der Waals surface area contributed by atoms with Gasteiger partial charge in [-0.2, -0.15) is 0 Å². The van der Waals surface area contributed by atoms with Crippen LogP contribution in [0.5, 0.6) is 0 Å². The fraction of sp³-hybridized carbons (Fsp3) is 0.0164. The molecule has 1 unspecified atom stereocenters. The number of rotatable bonds is 7. The van der Waals surface area contributed by atoms with Crippen LogP contribution in [-0.2, 0) is 5.41 Å². The highest BCUT2D eigenvalue weighted by atomic mass is 32.1. The Kier molecular flexibility index (Phi) is 8.34. The van der Waals surface area contributed by atoms with Crippen LogP contribution in [0.15, 0.2) is 243 Å². The molecule has 0 saturated carbocycles. The molecule has 0 saturated heterocycles. The zero-order valence-corrected chi connectivity index (χ0v) is 35.7. The smallest absolute Gasteiger partial charge is 0.0727 e. The molecule has 1 heterocycles. The summed E-state index contributed by atoms with van der Waals surface area (Å²) in [5, 5.41) is 2.60. The maximum atomic E-state index is 2.50. The third kappa shape index (κ3) is 5.51. The van der Waals surface area contributed by atoms with Crippen molar-refractivity contribution in [2.45, 2.75) is 5.41 Å². The van der Waals surface area contributed by atoms with Crippen molar-refractivity contribution in [3.05, 3.63) is 265 Å². The van der Waals surface area contributed by atoms with Crippen molar-refractivity contribution in [1.29, 1.82) is 0 Å². The van der Waals surface area contributed by atoms with Gasteiger partial charge >= 0.3 is 0 Å². The van der Waals surface area contributed by atoms with Crippen LogP contribution in [0.4, 0.5) is 34.1 Å². The van der Waals surface area contributed by atoms with E-state index in [0.717, 1.165) is 34.1 Å². The number of nitrogens with zero attached hydrogens (tertiary/aromatic N) is 2. The van der Waals surface area contributed by atoms with Gasteiger partial charge in [0.25, 0.3) is 0 Å². The van der Waals surface area contributed by atoms with Gasteiger partial charge in [0.1, 0.15) is 0 Å². The van der Waals surface area contributed by atoms with E-state index >= 15 is 0 Å². The lowest BCUT2D eigenvalue weighted by atomic mass is 9.70. The average molecular weight is 833 g/mol.